The molecule has 128 valence electrons. The number of hydrogen-bond acceptors (Lipinski definition) is 4. The Morgan fingerprint density at radius 2 is 1.78 bits per heavy atom. The average Bonchev–Trinajstić information content (AvgIpc) is 2.43. The number of carbonyl (C=O) groups excluding carboxylic acids is 2. The highest BCUT2D eigenvalue weighted by Crippen LogP contribution is 2.09. The van der Waals surface area contributed by atoms with Gasteiger partial charge in [-0.25, -0.2) is 4.79 Å². The van der Waals surface area contributed by atoms with Gasteiger partial charge >= 0.3 is 6.09 Å². The molecule has 3 N–H and O–H groups in total. The molecule has 0 aliphatic rings. The minimum absolute atomic E-state index is 0.0348. The van der Waals surface area contributed by atoms with Crippen LogP contribution in [0, 0.1) is 0 Å². The van der Waals surface area contributed by atoms with E-state index in [9.17, 15) is 9.59 Å². The Kier molecular flexibility index (Phi) is 6.57. The van der Waals surface area contributed by atoms with Gasteiger partial charge in [0.15, 0.2) is 0 Å². The van der Waals surface area contributed by atoms with Crippen molar-refractivity contribution < 1.29 is 14.3 Å². The van der Waals surface area contributed by atoms with E-state index >= 15 is 0 Å². The number of nitrogens with zero attached hydrogens (tertiary/aromatic N) is 1. The molecule has 0 aliphatic heterocycles. The second-order valence-electron chi connectivity index (χ2n) is 6.74. The summed E-state index contributed by atoms with van der Waals surface area (Å²) in [5, 5.41) is 2.66. The number of amides is 2. The molecule has 1 aromatic carbocycles. The number of alkyl carbamates (subject to hydrolysis) is 1. The quantitative estimate of drug-likeness (QED) is 0.866. The molecule has 0 heterocycles. The van der Waals surface area contributed by atoms with Crippen LogP contribution in [0.3, 0.4) is 0 Å². The van der Waals surface area contributed by atoms with Gasteiger partial charge < -0.3 is 20.7 Å². The van der Waals surface area contributed by atoms with Crippen LogP contribution < -0.4 is 11.1 Å². The largest absolute Gasteiger partial charge is 0.444 e. The average molecular weight is 321 g/mol. The highest BCUT2D eigenvalue weighted by atomic mass is 16.6. The second-order valence-corrected chi connectivity index (χ2v) is 6.74. The summed E-state index contributed by atoms with van der Waals surface area (Å²) in [5.74, 6) is -0.0348. The van der Waals surface area contributed by atoms with Crippen LogP contribution in [0.2, 0.25) is 0 Å². The van der Waals surface area contributed by atoms with Crippen molar-refractivity contribution in [2.24, 2.45) is 5.73 Å². The lowest BCUT2D eigenvalue weighted by atomic mass is 10.0. The van der Waals surface area contributed by atoms with Gasteiger partial charge in [-0.3, -0.25) is 4.79 Å². The van der Waals surface area contributed by atoms with Crippen molar-refractivity contribution in [1.82, 2.24) is 10.2 Å². The Labute approximate surface area is 138 Å². The van der Waals surface area contributed by atoms with Crippen LogP contribution in [-0.2, 0) is 11.2 Å². The molecule has 6 heteroatoms. The molecule has 0 aliphatic carbocycles. The Morgan fingerprint density at radius 3 is 2.26 bits per heavy atom. The van der Waals surface area contributed by atoms with Gasteiger partial charge in [0.2, 0.25) is 0 Å². The molecule has 23 heavy (non-hydrogen) atoms. The molecule has 0 radical (unpaired) electrons. The molecular weight excluding hydrogens is 294 g/mol. The lowest BCUT2D eigenvalue weighted by molar-refractivity contribution is 0.0524. The minimum atomic E-state index is -0.525. The van der Waals surface area contributed by atoms with Crippen molar-refractivity contribution >= 4 is 12.0 Å². The molecule has 0 aromatic heterocycles. The lowest BCUT2D eigenvalue weighted by Gasteiger charge is -2.20. The lowest BCUT2D eigenvalue weighted by Crippen LogP contribution is -2.41. The van der Waals surface area contributed by atoms with Gasteiger partial charge in [-0.15, -0.1) is 0 Å². The first kappa shape index (κ1) is 19.0. The molecule has 0 bridgehead atoms. The van der Waals surface area contributed by atoms with Crippen molar-refractivity contribution in [2.75, 3.05) is 20.6 Å². The summed E-state index contributed by atoms with van der Waals surface area (Å²) in [7, 11) is 3.43. The Bertz CT molecular complexity index is 533. The molecule has 0 spiro atoms. The fraction of sp³-hybridized carbons (Fsp3) is 0.529. The summed E-state index contributed by atoms with van der Waals surface area (Å²) in [6.45, 7) is 5.75. The molecule has 1 aromatic rings. The maximum Gasteiger partial charge on any atom is 0.407 e. The maximum atomic E-state index is 11.8. The van der Waals surface area contributed by atoms with Gasteiger partial charge in [0.25, 0.3) is 5.91 Å². The Morgan fingerprint density at radius 1 is 1.22 bits per heavy atom. The van der Waals surface area contributed by atoms with E-state index in [0.717, 1.165) is 5.56 Å². The molecular formula is C17H27N3O3. The number of rotatable bonds is 5. The smallest absolute Gasteiger partial charge is 0.407 e. The minimum Gasteiger partial charge on any atom is -0.444 e. The number of carbonyl (C=O) groups is 2. The third-order valence-electron chi connectivity index (χ3n) is 3.01. The summed E-state index contributed by atoms with van der Waals surface area (Å²) in [4.78, 5) is 24.9. The summed E-state index contributed by atoms with van der Waals surface area (Å²) in [5.41, 5.74) is 7.14. The van der Waals surface area contributed by atoms with Crippen molar-refractivity contribution in [3.63, 3.8) is 0 Å². The van der Waals surface area contributed by atoms with Gasteiger partial charge in [-0.05, 0) is 44.9 Å². The first-order chi connectivity index (χ1) is 10.6. The topological polar surface area (TPSA) is 84.7 Å². The number of nitrogens with one attached hydrogen (secondary N) is 1. The van der Waals surface area contributed by atoms with E-state index in [1.54, 1.807) is 26.2 Å². The van der Waals surface area contributed by atoms with Crippen LogP contribution in [-0.4, -0.2) is 49.2 Å². The van der Waals surface area contributed by atoms with Gasteiger partial charge in [0.1, 0.15) is 5.60 Å². The summed E-state index contributed by atoms with van der Waals surface area (Å²) >= 11 is 0. The van der Waals surface area contributed by atoms with E-state index in [1.807, 2.05) is 32.9 Å². The molecule has 1 unspecified atom stereocenters. The number of hydrogen-bond donors (Lipinski definition) is 2. The van der Waals surface area contributed by atoms with E-state index in [1.165, 1.54) is 4.90 Å². The maximum absolute atomic E-state index is 11.8. The molecule has 0 saturated heterocycles. The highest BCUT2D eigenvalue weighted by molar-refractivity contribution is 5.93. The van der Waals surface area contributed by atoms with Crippen LogP contribution in [0.1, 0.15) is 36.7 Å². The SMILES string of the molecule is CN(C)C(=O)c1ccc(CC(N)CNC(=O)OC(C)(C)C)cc1. The third-order valence-corrected chi connectivity index (χ3v) is 3.01. The highest BCUT2D eigenvalue weighted by Gasteiger charge is 2.16. The van der Waals surface area contributed by atoms with Gasteiger partial charge in [0.05, 0.1) is 0 Å². The standard InChI is InChI=1S/C17H27N3O3/c1-17(2,3)23-16(22)19-11-14(18)10-12-6-8-13(9-7-12)15(21)20(4)5/h6-9,14H,10-11,18H2,1-5H3,(H,19,22). The molecule has 2 amide bonds. The first-order valence-electron chi connectivity index (χ1n) is 7.61. The Balaban J connectivity index is 2.47. The molecule has 1 rings (SSSR count). The molecule has 1 atom stereocenters. The van der Waals surface area contributed by atoms with E-state index in [4.69, 9.17) is 10.5 Å². The Hall–Kier alpha value is -2.08. The summed E-state index contributed by atoms with van der Waals surface area (Å²) < 4.78 is 5.16. The van der Waals surface area contributed by atoms with E-state index in [0.29, 0.717) is 18.5 Å². The zero-order valence-electron chi connectivity index (χ0n) is 14.6. The molecule has 0 fully saturated rings. The van der Waals surface area contributed by atoms with E-state index in [-0.39, 0.29) is 11.9 Å². The number of benzene rings is 1. The van der Waals surface area contributed by atoms with Gasteiger partial charge in [-0.2, -0.15) is 0 Å². The summed E-state index contributed by atoms with van der Waals surface area (Å²) in [6.07, 6.45) is 0.131. The van der Waals surface area contributed by atoms with Crippen molar-refractivity contribution in [1.29, 1.82) is 0 Å². The summed E-state index contributed by atoms with van der Waals surface area (Å²) in [6, 6.07) is 7.10. The van der Waals surface area contributed by atoms with E-state index in [2.05, 4.69) is 5.32 Å². The van der Waals surface area contributed by atoms with Crippen molar-refractivity contribution in [2.45, 2.75) is 38.8 Å². The van der Waals surface area contributed by atoms with Crippen LogP contribution >= 0.6 is 0 Å². The zero-order chi connectivity index (χ0) is 17.6. The van der Waals surface area contributed by atoms with Crippen LogP contribution in [0.15, 0.2) is 24.3 Å². The third kappa shape index (κ3) is 7.15. The van der Waals surface area contributed by atoms with Crippen LogP contribution in [0.25, 0.3) is 0 Å². The van der Waals surface area contributed by atoms with Gasteiger partial charge in [0, 0.05) is 32.2 Å². The van der Waals surface area contributed by atoms with Crippen molar-refractivity contribution in [3.8, 4) is 0 Å². The predicted molar refractivity (Wildman–Crippen MR) is 90.4 cm³/mol. The van der Waals surface area contributed by atoms with Crippen LogP contribution in [0.4, 0.5) is 4.79 Å². The van der Waals surface area contributed by atoms with E-state index < -0.39 is 11.7 Å². The second kappa shape index (κ2) is 7.97. The fourth-order valence-corrected chi connectivity index (χ4v) is 1.95. The number of nitrogens with two attached hydrogens (primary N) is 1. The monoisotopic (exact) mass is 321 g/mol. The molecule has 6 nitrogen and oxygen atoms in total. The zero-order valence-corrected chi connectivity index (χ0v) is 14.6. The van der Waals surface area contributed by atoms with Crippen molar-refractivity contribution in [3.05, 3.63) is 35.4 Å². The molecule has 0 saturated carbocycles. The van der Waals surface area contributed by atoms with Gasteiger partial charge in [-0.1, -0.05) is 12.1 Å². The fourth-order valence-electron chi connectivity index (χ4n) is 1.95. The number of ether oxygens (including phenoxy) is 1. The first-order valence-corrected chi connectivity index (χ1v) is 7.61. The predicted octanol–water partition coefficient (Wildman–Crippen LogP) is 1.78. The normalized spacial score (nSPS) is 12.4. The van der Waals surface area contributed by atoms with Crippen LogP contribution in [0.5, 0.6) is 0 Å².